The Balaban J connectivity index is 1.70. The van der Waals surface area contributed by atoms with E-state index < -0.39 is 81.7 Å². The normalized spacial score (nSPS) is 57.0. The zero-order valence-corrected chi connectivity index (χ0v) is 20.5. The molecule has 11 atom stereocenters. The van der Waals surface area contributed by atoms with E-state index in [9.17, 15) is 40.5 Å². The molecule has 36 heavy (non-hydrogen) atoms. The van der Waals surface area contributed by atoms with E-state index in [2.05, 4.69) is 4.98 Å². The van der Waals surface area contributed by atoms with Crippen molar-refractivity contribution in [2.75, 3.05) is 6.61 Å². The molecule has 0 amide bonds. The number of carbonyl (C=O) groups excluding carboxylic acids is 1. The molecule has 3 heterocycles. The van der Waals surface area contributed by atoms with Crippen LogP contribution in [0.15, 0.2) is 30.0 Å². The largest absolute Gasteiger partial charge is 0.451 e. The highest BCUT2D eigenvalue weighted by molar-refractivity contribution is 5.87. The van der Waals surface area contributed by atoms with Crippen molar-refractivity contribution in [1.29, 1.82) is 0 Å². The molecule has 1 aromatic rings. The van der Waals surface area contributed by atoms with Crippen LogP contribution in [0.2, 0.25) is 0 Å². The molecule has 7 rings (SSSR count). The maximum absolute atomic E-state index is 13.2. The average molecular weight is 508 g/mol. The van der Waals surface area contributed by atoms with Crippen LogP contribution >= 0.6 is 0 Å². The van der Waals surface area contributed by atoms with Gasteiger partial charge in [-0.15, -0.1) is 0 Å². The number of aromatic amines is 1. The van der Waals surface area contributed by atoms with Gasteiger partial charge in [0.2, 0.25) is 0 Å². The van der Waals surface area contributed by atoms with Crippen LogP contribution in [0.25, 0.3) is 0 Å². The minimum absolute atomic E-state index is 0.000602. The van der Waals surface area contributed by atoms with Crippen molar-refractivity contribution < 1.29 is 50.0 Å². The fourth-order valence-corrected chi connectivity index (χ4v) is 9.20. The van der Waals surface area contributed by atoms with Crippen LogP contribution in [-0.4, -0.2) is 99.3 Å². The fourth-order valence-electron chi connectivity index (χ4n) is 9.20. The third-order valence-corrected chi connectivity index (χ3v) is 11.1. The molecule has 6 aliphatic rings. The first kappa shape index (κ1) is 24.5. The summed E-state index contributed by atoms with van der Waals surface area (Å²) in [7, 11) is 0. The van der Waals surface area contributed by atoms with Crippen LogP contribution < -0.4 is 0 Å². The predicted molar refractivity (Wildman–Crippen MR) is 120 cm³/mol. The summed E-state index contributed by atoms with van der Waals surface area (Å²) in [5, 5.41) is 84.0. The zero-order chi connectivity index (χ0) is 26.5. The Bertz CT molecular complexity index is 1200. The molecule has 1 spiro atoms. The quantitative estimate of drug-likeness (QED) is 0.179. The van der Waals surface area contributed by atoms with Gasteiger partial charge in [0.1, 0.15) is 34.2 Å². The highest BCUT2D eigenvalue weighted by Gasteiger charge is 3.10. The number of hydrogen-bond acceptors (Lipinski definition) is 10. The van der Waals surface area contributed by atoms with Gasteiger partial charge in [-0.1, -0.05) is 19.9 Å². The van der Waals surface area contributed by atoms with Crippen LogP contribution in [0, 0.1) is 16.7 Å². The van der Waals surface area contributed by atoms with E-state index in [1.54, 1.807) is 19.1 Å². The molecule has 2 saturated heterocycles. The third-order valence-electron chi connectivity index (χ3n) is 11.1. The van der Waals surface area contributed by atoms with Crippen molar-refractivity contribution in [3.8, 4) is 0 Å². The molecular formula is C25H33NO10. The van der Waals surface area contributed by atoms with Crippen LogP contribution in [0.1, 0.15) is 51.0 Å². The molecule has 8 N–H and O–H groups in total. The van der Waals surface area contributed by atoms with Gasteiger partial charge in [-0.2, -0.15) is 0 Å². The van der Waals surface area contributed by atoms with Crippen LogP contribution in [0.5, 0.6) is 0 Å². The number of H-pyrrole nitrogens is 1. The minimum atomic E-state index is -2.74. The lowest BCUT2D eigenvalue weighted by Crippen LogP contribution is -2.74. The van der Waals surface area contributed by atoms with E-state index in [0.29, 0.717) is 5.57 Å². The minimum Gasteiger partial charge on any atom is -0.451 e. The summed E-state index contributed by atoms with van der Waals surface area (Å²) in [5.41, 5.74) is -16.1. The molecule has 2 aliphatic heterocycles. The second-order valence-electron chi connectivity index (χ2n) is 11.9. The van der Waals surface area contributed by atoms with Crippen molar-refractivity contribution in [1.82, 2.24) is 4.98 Å². The Morgan fingerprint density at radius 1 is 1.25 bits per heavy atom. The number of rotatable bonds is 4. The molecule has 4 aliphatic carbocycles. The van der Waals surface area contributed by atoms with Gasteiger partial charge in [-0.05, 0) is 38.0 Å². The maximum Gasteiger partial charge on any atom is 0.355 e. The van der Waals surface area contributed by atoms with Gasteiger partial charge in [0.15, 0.2) is 17.5 Å². The van der Waals surface area contributed by atoms with E-state index in [4.69, 9.17) is 9.47 Å². The first-order chi connectivity index (χ1) is 16.6. The summed E-state index contributed by atoms with van der Waals surface area (Å²) in [6.45, 7) is 5.04. The van der Waals surface area contributed by atoms with E-state index in [1.165, 1.54) is 33.0 Å². The standard InChI is InChI=1S/C25H33NO10/c1-12-7-8-20(30)18(3)11-21(31)19(4)22(32,13(2)10-27)17(35-16(29)14-6-5-9-26-14)23(18,33)25(19,34)24(20,36-21)15(12)28/h5-7,9,13,15,17,26-28,30-34H,8,10-11H2,1-4H3/t13?,15-,17+,18-,19-,20-,21-,22+,23+,24+,25+/m0/s1. The van der Waals surface area contributed by atoms with E-state index in [-0.39, 0.29) is 12.1 Å². The molecule has 0 aromatic carbocycles. The number of aliphatic hydroxyl groups excluding tert-OH is 2. The van der Waals surface area contributed by atoms with E-state index in [0.717, 1.165) is 0 Å². The summed E-state index contributed by atoms with van der Waals surface area (Å²) in [6.07, 6.45) is -1.17. The van der Waals surface area contributed by atoms with Crippen molar-refractivity contribution in [2.45, 2.75) is 86.5 Å². The lowest BCUT2D eigenvalue weighted by molar-refractivity contribution is -0.380. The van der Waals surface area contributed by atoms with Crippen molar-refractivity contribution in [3.05, 3.63) is 35.7 Å². The van der Waals surface area contributed by atoms with Gasteiger partial charge < -0.3 is 50.2 Å². The second-order valence-corrected chi connectivity index (χ2v) is 11.9. The summed E-state index contributed by atoms with van der Waals surface area (Å²) in [4.78, 5) is 15.9. The molecule has 0 radical (unpaired) electrons. The number of aromatic nitrogens is 1. The molecule has 11 nitrogen and oxygen atoms in total. The SMILES string of the molecule is CC1=CC[C@]2(O)[C@]3(C)C[C@]4(O)O[C@@]2([C@H]1O)[C@]1(O)[C@@]3(O)[C@H](OC(=O)c2ccc[nH]2)[C@](O)(C(C)CO)[C@@]14C. The maximum atomic E-state index is 13.2. The first-order valence-corrected chi connectivity index (χ1v) is 12.2. The lowest BCUT2D eigenvalue weighted by Gasteiger charge is -2.59. The third kappa shape index (κ3) is 1.76. The topological polar surface area (TPSA) is 193 Å². The van der Waals surface area contributed by atoms with Crippen LogP contribution in [0.4, 0.5) is 0 Å². The Kier molecular flexibility index (Phi) is 4.25. The zero-order valence-electron chi connectivity index (χ0n) is 20.5. The summed E-state index contributed by atoms with van der Waals surface area (Å²) in [6, 6.07) is 2.97. The highest BCUT2D eigenvalue weighted by Crippen LogP contribution is 2.90. The molecular weight excluding hydrogens is 474 g/mol. The number of esters is 1. The predicted octanol–water partition coefficient (Wildman–Crippen LogP) is -1.30. The van der Waals surface area contributed by atoms with Gasteiger partial charge in [0, 0.05) is 30.6 Å². The average Bonchev–Trinajstić information content (AvgIpc) is 3.45. The summed E-state index contributed by atoms with van der Waals surface area (Å²) >= 11 is 0. The van der Waals surface area contributed by atoms with E-state index in [1.807, 2.05) is 0 Å². The van der Waals surface area contributed by atoms with Crippen molar-refractivity contribution in [3.63, 3.8) is 0 Å². The van der Waals surface area contributed by atoms with Gasteiger partial charge >= 0.3 is 5.97 Å². The van der Waals surface area contributed by atoms with Crippen LogP contribution in [0.3, 0.4) is 0 Å². The Morgan fingerprint density at radius 3 is 2.50 bits per heavy atom. The monoisotopic (exact) mass is 507 g/mol. The summed E-state index contributed by atoms with van der Waals surface area (Å²) in [5.74, 6) is -4.52. The smallest absolute Gasteiger partial charge is 0.355 e. The molecule has 5 fully saturated rings. The first-order valence-electron chi connectivity index (χ1n) is 12.2. The Morgan fingerprint density at radius 2 is 1.92 bits per heavy atom. The molecule has 1 aromatic heterocycles. The second kappa shape index (κ2) is 6.24. The van der Waals surface area contributed by atoms with Crippen molar-refractivity contribution in [2.24, 2.45) is 16.7 Å². The van der Waals surface area contributed by atoms with Gasteiger partial charge in [-0.25, -0.2) is 4.79 Å². The molecule has 6 bridgehead atoms. The van der Waals surface area contributed by atoms with Gasteiger partial charge in [0.25, 0.3) is 0 Å². The van der Waals surface area contributed by atoms with E-state index >= 15 is 0 Å². The molecule has 11 heteroatoms. The summed E-state index contributed by atoms with van der Waals surface area (Å²) < 4.78 is 11.9. The highest BCUT2D eigenvalue weighted by atomic mass is 16.7. The van der Waals surface area contributed by atoms with Crippen LogP contribution in [-0.2, 0) is 9.47 Å². The van der Waals surface area contributed by atoms with Gasteiger partial charge in [-0.3, -0.25) is 0 Å². The number of nitrogens with one attached hydrogen (secondary N) is 1. The van der Waals surface area contributed by atoms with Gasteiger partial charge in [0.05, 0.1) is 5.41 Å². The molecule has 3 saturated carbocycles. The lowest BCUT2D eigenvalue weighted by atomic mass is 9.52. The number of aliphatic hydroxyl groups is 7. The number of hydrogen-bond donors (Lipinski definition) is 8. The Labute approximate surface area is 207 Å². The number of ether oxygens (including phenoxy) is 2. The molecule has 198 valence electrons. The number of carbonyl (C=O) groups is 1. The Hall–Kier alpha value is -1.83. The van der Waals surface area contributed by atoms with Crippen molar-refractivity contribution >= 4 is 5.97 Å². The molecule has 1 unspecified atom stereocenters. The fraction of sp³-hybridized carbons (Fsp3) is 0.720.